The van der Waals surface area contributed by atoms with Crippen LogP contribution < -0.4 is 10.1 Å². The molecular formula is C26H16N6O3S. The maximum Gasteiger partial charge on any atom is 0.291 e. The molecule has 174 valence electrons. The lowest BCUT2D eigenvalue weighted by Crippen LogP contribution is -2.23. The van der Waals surface area contributed by atoms with Crippen LogP contribution in [0.2, 0.25) is 0 Å². The number of para-hydroxylation sites is 1. The number of benzene rings is 3. The van der Waals surface area contributed by atoms with Crippen molar-refractivity contribution < 1.29 is 4.92 Å². The molecule has 0 amide bonds. The second-order valence-corrected chi connectivity index (χ2v) is 8.94. The molecule has 6 rings (SSSR count). The molecule has 0 N–H and O–H groups in total. The molecule has 0 spiro atoms. The van der Waals surface area contributed by atoms with Crippen LogP contribution in [0.15, 0.2) is 95.9 Å². The summed E-state index contributed by atoms with van der Waals surface area (Å²) in [4.78, 5) is 29.1. The molecule has 0 fully saturated rings. The molecular weight excluding hydrogens is 476 g/mol. The summed E-state index contributed by atoms with van der Waals surface area (Å²) in [5.41, 5.74) is 3.06. The summed E-state index contributed by atoms with van der Waals surface area (Å²) >= 11 is 1.23. The van der Waals surface area contributed by atoms with E-state index in [0.717, 1.165) is 11.3 Å². The van der Waals surface area contributed by atoms with Gasteiger partial charge in [-0.15, -0.1) is 5.10 Å². The number of nitro benzene ring substituents is 1. The van der Waals surface area contributed by atoms with Crippen LogP contribution in [-0.2, 0) is 0 Å². The quantitative estimate of drug-likeness (QED) is 0.265. The number of hydrogen-bond acceptors (Lipinski definition) is 7. The van der Waals surface area contributed by atoms with E-state index in [2.05, 4.69) is 10.1 Å². The van der Waals surface area contributed by atoms with Crippen molar-refractivity contribution in [1.29, 1.82) is 0 Å². The highest BCUT2D eigenvalue weighted by Crippen LogP contribution is 2.27. The van der Waals surface area contributed by atoms with Gasteiger partial charge in [0.25, 0.3) is 11.2 Å². The van der Waals surface area contributed by atoms with Crippen molar-refractivity contribution in [3.05, 3.63) is 122 Å². The molecule has 9 nitrogen and oxygen atoms in total. The van der Waals surface area contributed by atoms with E-state index < -0.39 is 4.92 Å². The average Bonchev–Trinajstić information content (AvgIpc) is 3.60. The second kappa shape index (κ2) is 8.67. The van der Waals surface area contributed by atoms with E-state index in [0.29, 0.717) is 32.1 Å². The smallest absolute Gasteiger partial charge is 0.266 e. The number of hydrogen-bond donors (Lipinski definition) is 0. The van der Waals surface area contributed by atoms with Gasteiger partial charge in [0.2, 0.25) is 4.96 Å². The first-order valence-electron chi connectivity index (χ1n) is 10.9. The maximum atomic E-state index is 13.2. The van der Waals surface area contributed by atoms with E-state index in [-0.39, 0.29) is 11.2 Å². The highest BCUT2D eigenvalue weighted by molar-refractivity contribution is 7.15. The fraction of sp³-hybridized carbons (Fsp3) is 0. The fourth-order valence-electron chi connectivity index (χ4n) is 3.88. The van der Waals surface area contributed by atoms with Gasteiger partial charge in [0.15, 0.2) is 5.82 Å². The fourth-order valence-corrected chi connectivity index (χ4v) is 4.78. The zero-order valence-corrected chi connectivity index (χ0v) is 19.4. The minimum atomic E-state index is -0.443. The predicted octanol–water partition coefficient (Wildman–Crippen LogP) is 4.13. The minimum Gasteiger partial charge on any atom is -0.266 e. The van der Waals surface area contributed by atoms with E-state index in [1.165, 1.54) is 28.0 Å². The summed E-state index contributed by atoms with van der Waals surface area (Å²) in [6.45, 7) is 0. The minimum absolute atomic E-state index is 0.0375. The van der Waals surface area contributed by atoms with E-state index >= 15 is 0 Å². The highest BCUT2D eigenvalue weighted by atomic mass is 32.1. The molecule has 10 heteroatoms. The van der Waals surface area contributed by atoms with Crippen molar-refractivity contribution >= 4 is 28.1 Å². The predicted molar refractivity (Wildman–Crippen MR) is 137 cm³/mol. The van der Waals surface area contributed by atoms with Crippen molar-refractivity contribution in [3.8, 4) is 28.3 Å². The van der Waals surface area contributed by atoms with Crippen LogP contribution >= 0.6 is 11.3 Å². The van der Waals surface area contributed by atoms with Gasteiger partial charge in [-0.25, -0.2) is 4.68 Å². The van der Waals surface area contributed by atoms with Crippen LogP contribution in [0.3, 0.4) is 0 Å². The van der Waals surface area contributed by atoms with Gasteiger partial charge in [-0.05, 0) is 18.2 Å². The van der Waals surface area contributed by atoms with Crippen molar-refractivity contribution in [2.75, 3.05) is 0 Å². The first-order chi connectivity index (χ1) is 17.6. The first-order valence-corrected chi connectivity index (χ1v) is 11.7. The van der Waals surface area contributed by atoms with Crippen molar-refractivity contribution in [2.45, 2.75) is 0 Å². The van der Waals surface area contributed by atoms with Gasteiger partial charge >= 0.3 is 0 Å². The highest BCUT2D eigenvalue weighted by Gasteiger charge is 2.16. The number of aromatic nitrogens is 5. The van der Waals surface area contributed by atoms with Crippen LogP contribution in [0.4, 0.5) is 5.69 Å². The Hall–Kier alpha value is -4.96. The number of fused-ring (bicyclic) bond motifs is 1. The molecule has 3 aromatic carbocycles. The number of nitro groups is 1. The van der Waals surface area contributed by atoms with Crippen molar-refractivity contribution in [1.82, 2.24) is 24.4 Å². The molecule has 36 heavy (non-hydrogen) atoms. The SMILES string of the molecule is O=c1c(=Cc2cn(-c3ccccc3)nc2-c2cccc([N+](=O)[O-])c2)sc2nc(-c3ccccc3)nn12. The lowest BCUT2D eigenvalue weighted by atomic mass is 10.1. The van der Waals surface area contributed by atoms with Gasteiger partial charge < -0.3 is 0 Å². The van der Waals surface area contributed by atoms with Gasteiger partial charge in [-0.3, -0.25) is 14.9 Å². The third kappa shape index (κ3) is 3.85. The molecule has 0 aliphatic rings. The Labute approximate surface area is 207 Å². The summed E-state index contributed by atoms with van der Waals surface area (Å²) < 4.78 is 3.42. The van der Waals surface area contributed by atoms with Gasteiger partial charge in [-0.2, -0.15) is 14.6 Å². The molecule has 0 unspecified atom stereocenters. The van der Waals surface area contributed by atoms with Crippen LogP contribution in [0, 0.1) is 10.1 Å². The van der Waals surface area contributed by atoms with Gasteiger partial charge in [0, 0.05) is 35.0 Å². The van der Waals surface area contributed by atoms with Crippen LogP contribution in [0.25, 0.3) is 39.4 Å². The standard InChI is InChI=1S/C26H16N6O3S/c33-25-22(36-26-27-24(29-31(25)26)17-8-3-1-4-9-17)15-19-16-30(20-11-5-2-6-12-20)28-23(19)18-10-7-13-21(14-18)32(34)35/h1-16H. The molecule has 0 aliphatic carbocycles. The Kier molecular flexibility index (Phi) is 5.20. The van der Waals surface area contributed by atoms with Crippen molar-refractivity contribution in [2.24, 2.45) is 0 Å². The molecule has 0 radical (unpaired) electrons. The number of non-ortho nitro benzene ring substituents is 1. The molecule has 3 aromatic heterocycles. The largest absolute Gasteiger partial charge is 0.291 e. The second-order valence-electron chi connectivity index (χ2n) is 7.93. The molecule has 6 aromatic rings. The summed E-state index contributed by atoms with van der Waals surface area (Å²) in [7, 11) is 0. The molecule has 0 saturated heterocycles. The monoisotopic (exact) mass is 492 g/mol. The normalized spacial score (nSPS) is 11.8. The molecule has 3 heterocycles. The van der Waals surface area contributed by atoms with E-state index in [1.807, 2.05) is 60.7 Å². The summed E-state index contributed by atoms with van der Waals surface area (Å²) in [5, 5.41) is 20.4. The van der Waals surface area contributed by atoms with Gasteiger partial charge in [-0.1, -0.05) is 72.0 Å². The summed E-state index contributed by atoms with van der Waals surface area (Å²) in [5.74, 6) is 0.486. The third-order valence-electron chi connectivity index (χ3n) is 5.59. The molecule has 0 saturated carbocycles. The summed E-state index contributed by atoms with van der Waals surface area (Å²) in [6, 6.07) is 25.3. The lowest BCUT2D eigenvalue weighted by molar-refractivity contribution is -0.384. The van der Waals surface area contributed by atoms with Gasteiger partial charge in [0.1, 0.15) is 5.69 Å². The Balaban J connectivity index is 1.51. The maximum absolute atomic E-state index is 13.2. The Morgan fingerprint density at radius 2 is 1.61 bits per heavy atom. The Bertz CT molecular complexity index is 1840. The summed E-state index contributed by atoms with van der Waals surface area (Å²) in [6.07, 6.45) is 3.53. The van der Waals surface area contributed by atoms with E-state index in [9.17, 15) is 14.9 Å². The van der Waals surface area contributed by atoms with Crippen LogP contribution in [0.1, 0.15) is 5.56 Å². The van der Waals surface area contributed by atoms with Crippen molar-refractivity contribution in [3.63, 3.8) is 0 Å². The zero-order chi connectivity index (χ0) is 24.6. The topological polar surface area (TPSA) is 108 Å². The lowest BCUT2D eigenvalue weighted by Gasteiger charge is -2.00. The number of rotatable bonds is 5. The third-order valence-corrected chi connectivity index (χ3v) is 6.55. The molecule has 0 bridgehead atoms. The van der Waals surface area contributed by atoms with E-state index in [1.54, 1.807) is 29.1 Å². The Morgan fingerprint density at radius 1 is 0.889 bits per heavy atom. The average molecular weight is 493 g/mol. The number of nitrogens with zero attached hydrogens (tertiary/aromatic N) is 6. The molecule has 0 atom stereocenters. The van der Waals surface area contributed by atoms with Crippen LogP contribution in [0.5, 0.6) is 0 Å². The zero-order valence-electron chi connectivity index (χ0n) is 18.6. The van der Waals surface area contributed by atoms with E-state index in [4.69, 9.17) is 5.10 Å². The first kappa shape index (κ1) is 21.6. The van der Waals surface area contributed by atoms with Gasteiger partial charge in [0.05, 0.1) is 15.1 Å². The Morgan fingerprint density at radius 3 is 2.33 bits per heavy atom. The number of thiazole rings is 1. The van der Waals surface area contributed by atoms with Crippen LogP contribution in [-0.4, -0.2) is 29.3 Å². The molecule has 0 aliphatic heterocycles.